The van der Waals surface area contributed by atoms with Crippen molar-refractivity contribution in [1.29, 1.82) is 0 Å². The number of hydrogen-bond donors (Lipinski definition) is 3. The fraction of sp³-hybridized carbons (Fsp3) is 0.289. The number of benzene rings is 3. The Balaban J connectivity index is 1.51. The van der Waals surface area contributed by atoms with Gasteiger partial charge in [-0.1, -0.05) is 18.2 Å². The van der Waals surface area contributed by atoms with Crippen LogP contribution in [-0.4, -0.2) is 95.2 Å². The van der Waals surface area contributed by atoms with Crippen LogP contribution in [0.4, 0.5) is 10.1 Å². The molecule has 18 heteroatoms. The number of carbonyl (C=O) groups is 2. The molecular formula is C38H41FN8O9. The highest BCUT2D eigenvalue weighted by molar-refractivity contribution is 6.08. The molecule has 4 N–H and O–H groups in total. The third kappa shape index (κ3) is 10.4. The van der Waals surface area contributed by atoms with E-state index in [9.17, 15) is 14.7 Å². The molecule has 0 saturated carbocycles. The van der Waals surface area contributed by atoms with Gasteiger partial charge in [-0.15, -0.1) is 9.78 Å². The van der Waals surface area contributed by atoms with Gasteiger partial charge in [0.2, 0.25) is 6.79 Å². The van der Waals surface area contributed by atoms with E-state index in [0.29, 0.717) is 16.8 Å². The van der Waals surface area contributed by atoms with E-state index >= 15 is 4.39 Å². The number of amides is 1. The van der Waals surface area contributed by atoms with Crippen LogP contribution in [0.3, 0.4) is 0 Å². The van der Waals surface area contributed by atoms with E-state index in [1.165, 1.54) is 38.7 Å². The Morgan fingerprint density at radius 2 is 1.71 bits per heavy atom. The standard InChI is InChI=1S/C38H41FN8O9/c1-38(2,21-53-22-51-3)35(50)55-23-56-37-45-33(46-47(37)36-41-15-8-16-42-36)31(28-19-27(52-4)20-29(30(28)39)54-18-17-48)43-26-13-11-24(12-14-26)32(40)44-34(49)25-9-6-5-7-10-25/h5-16,19-20,31,43,48H,17-18,21-23H2,1-4H3,(H2,40,44,49). The molecule has 3 aromatic carbocycles. The van der Waals surface area contributed by atoms with Crippen molar-refractivity contribution in [1.82, 2.24) is 24.7 Å². The van der Waals surface area contributed by atoms with Crippen molar-refractivity contribution in [2.24, 2.45) is 16.1 Å². The molecule has 294 valence electrons. The predicted molar refractivity (Wildman–Crippen MR) is 199 cm³/mol. The van der Waals surface area contributed by atoms with Crippen molar-refractivity contribution in [3.8, 4) is 23.5 Å². The average Bonchev–Trinajstić information content (AvgIpc) is 3.64. The zero-order valence-electron chi connectivity index (χ0n) is 31.0. The highest BCUT2D eigenvalue weighted by Gasteiger charge is 2.32. The topological polar surface area (TPSA) is 217 Å². The first kappa shape index (κ1) is 40.7. The Morgan fingerprint density at radius 1 is 0.982 bits per heavy atom. The van der Waals surface area contributed by atoms with Crippen LogP contribution in [0.2, 0.25) is 0 Å². The van der Waals surface area contributed by atoms with Crippen LogP contribution < -0.4 is 25.3 Å². The molecule has 1 amide bonds. The van der Waals surface area contributed by atoms with Crippen molar-refractivity contribution in [2.75, 3.05) is 52.9 Å². The molecule has 0 saturated heterocycles. The second-order valence-electron chi connectivity index (χ2n) is 12.5. The number of hydrogen-bond acceptors (Lipinski definition) is 14. The maximum atomic E-state index is 16.4. The van der Waals surface area contributed by atoms with Crippen molar-refractivity contribution in [3.05, 3.63) is 114 Å². The maximum absolute atomic E-state index is 16.4. The van der Waals surface area contributed by atoms with Crippen LogP contribution in [0.25, 0.3) is 5.95 Å². The molecule has 0 radical (unpaired) electrons. The van der Waals surface area contributed by atoms with E-state index in [4.69, 9.17) is 34.2 Å². The molecule has 0 bridgehead atoms. The number of nitrogens with one attached hydrogen (secondary N) is 1. The van der Waals surface area contributed by atoms with Crippen LogP contribution >= 0.6 is 0 Å². The zero-order valence-corrected chi connectivity index (χ0v) is 31.0. The monoisotopic (exact) mass is 772 g/mol. The van der Waals surface area contributed by atoms with Gasteiger partial charge >= 0.3 is 12.0 Å². The van der Waals surface area contributed by atoms with Gasteiger partial charge in [0.25, 0.3) is 11.9 Å². The molecule has 17 nitrogen and oxygen atoms in total. The van der Waals surface area contributed by atoms with Crippen molar-refractivity contribution in [2.45, 2.75) is 19.9 Å². The van der Waals surface area contributed by atoms with Crippen LogP contribution in [-0.2, 0) is 19.0 Å². The molecule has 0 spiro atoms. The normalized spacial score (nSPS) is 12.1. The van der Waals surface area contributed by atoms with E-state index in [1.54, 1.807) is 74.5 Å². The van der Waals surface area contributed by atoms with Crippen LogP contribution in [0, 0.1) is 11.2 Å². The summed E-state index contributed by atoms with van der Waals surface area (Å²) in [7, 11) is 2.87. The molecule has 1 unspecified atom stereocenters. The van der Waals surface area contributed by atoms with E-state index in [1.807, 2.05) is 0 Å². The number of anilines is 1. The number of aromatic nitrogens is 5. The number of aliphatic imine (C=N–C) groups is 1. The van der Waals surface area contributed by atoms with Gasteiger partial charge in [-0.2, -0.15) is 9.98 Å². The number of nitrogens with zero attached hydrogens (tertiary/aromatic N) is 6. The fourth-order valence-corrected chi connectivity index (χ4v) is 5.02. The van der Waals surface area contributed by atoms with Gasteiger partial charge in [0.1, 0.15) is 31.0 Å². The van der Waals surface area contributed by atoms with Crippen molar-refractivity contribution < 1.29 is 47.5 Å². The number of ether oxygens (including phenoxy) is 6. The number of carbonyl (C=O) groups excluding carboxylic acids is 2. The van der Waals surface area contributed by atoms with Crippen LogP contribution in [0.15, 0.2) is 90.2 Å². The predicted octanol–water partition coefficient (Wildman–Crippen LogP) is 3.85. The molecule has 0 aliphatic carbocycles. The minimum atomic E-state index is -1.18. The molecule has 5 rings (SSSR count). The molecule has 0 aliphatic rings. The third-order valence-electron chi connectivity index (χ3n) is 7.86. The van der Waals surface area contributed by atoms with E-state index in [2.05, 4.69) is 30.4 Å². The maximum Gasteiger partial charge on any atom is 0.325 e. The molecule has 1 atom stereocenters. The number of nitrogens with two attached hydrogens (primary N) is 1. The first-order chi connectivity index (χ1) is 27.0. The summed E-state index contributed by atoms with van der Waals surface area (Å²) in [5.74, 6) is -1.90. The molecule has 0 aliphatic heterocycles. The second kappa shape index (κ2) is 19.2. The summed E-state index contributed by atoms with van der Waals surface area (Å²) in [5, 5.41) is 17.2. The molecule has 0 fully saturated rings. The lowest BCUT2D eigenvalue weighted by Crippen LogP contribution is -2.33. The van der Waals surface area contributed by atoms with Gasteiger partial charge in [-0.3, -0.25) is 9.59 Å². The number of methoxy groups -OCH3 is 2. The molecular weight excluding hydrogens is 731 g/mol. The molecule has 56 heavy (non-hydrogen) atoms. The number of halogens is 1. The SMILES string of the molecule is COCOCC(C)(C)C(=O)OCOc1nc(C(Nc2ccc(C(N)=NC(=O)c3ccccc3)cc2)c2cc(OC)cc(OCCO)c2F)nn1-c1ncccn1. The number of amidine groups is 1. The minimum Gasteiger partial charge on any atom is -0.497 e. The lowest BCUT2D eigenvalue weighted by Gasteiger charge is -2.21. The summed E-state index contributed by atoms with van der Waals surface area (Å²) < 4.78 is 49.9. The Hall–Kier alpha value is -6.50. The number of aliphatic hydroxyl groups excluding tert-OH is 1. The fourth-order valence-electron chi connectivity index (χ4n) is 5.02. The largest absolute Gasteiger partial charge is 0.497 e. The van der Waals surface area contributed by atoms with Gasteiger partial charge in [0, 0.05) is 47.9 Å². The Kier molecular flexibility index (Phi) is 13.9. The van der Waals surface area contributed by atoms with Crippen LogP contribution in [0.1, 0.15) is 47.2 Å². The second-order valence-corrected chi connectivity index (χ2v) is 12.5. The van der Waals surface area contributed by atoms with Crippen LogP contribution in [0.5, 0.6) is 17.5 Å². The third-order valence-corrected chi connectivity index (χ3v) is 7.86. The Labute approximate surface area is 321 Å². The summed E-state index contributed by atoms with van der Waals surface area (Å²) >= 11 is 0. The number of rotatable bonds is 19. The van der Waals surface area contributed by atoms with Gasteiger partial charge in [0.05, 0.1) is 25.7 Å². The van der Waals surface area contributed by atoms with Gasteiger partial charge in [-0.25, -0.2) is 14.4 Å². The highest BCUT2D eigenvalue weighted by atomic mass is 19.1. The first-order valence-electron chi connectivity index (χ1n) is 17.1. The minimum absolute atomic E-state index is 0.00345. The average molecular weight is 773 g/mol. The van der Waals surface area contributed by atoms with Gasteiger partial charge in [0.15, 0.2) is 17.4 Å². The quantitative estimate of drug-likeness (QED) is 0.0357. The highest BCUT2D eigenvalue weighted by Crippen LogP contribution is 2.36. The van der Waals surface area contributed by atoms with Gasteiger partial charge < -0.3 is 44.6 Å². The van der Waals surface area contributed by atoms with E-state index in [0.717, 1.165) is 4.68 Å². The number of aliphatic hydroxyl groups is 1. The first-order valence-corrected chi connectivity index (χ1v) is 17.1. The summed E-state index contributed by atoms with van der Waals surface area (Å²) in [4.78, 5) is 42.6. The lowest BCUT2D eigenvalue weighted by molar-refractivity contribution is -0.167. The smallest absolute Gasteiger partial charge is 0.325 e. The summed E-state index contributed by atoms with van der Waals surface area (Å²) in [6.45, 7) is 2.15. The Morgan fingerprint density at radius 3 is 2.39 bits per heavy atom. The molecule has 5 aromatic rings. The van der Waals surface area contributed by atoms with E-state index < -0.39 is 35.9 Å². The number of esters is 1. The molecule has 2 aromatic heterocycles. The summed E-state index contributed by atoms with van der Waals surface area (Å²) in [5.41, 5.74) is 6.40. The Bertz CT molecular complexity index is 2100. The van der Waals surface area contributed by atoms with E-state index in [-0.39, 0.29) is 67.3 Å². The van der Waals surface area contributed by atoms with Crippen molar-refractivity contribution in [3.63, 3.8) is 0 Å². The molecule has 2 heterocycles. The summed E-state index contributed by atoms with van der Waals surface area (Å²) in [6.07, 6.45) is 2.95. The lowest BCUT2D eigenvalue weighted by atomic mass is 9.95. The van der Waals surface area contributed by atoms with Crippen molar-refractivity contribution >= 4 is 23.4 Å². The zero-order chi connectivity index (χ0) is 40.1. The van der Waals surface area contributed by atoms with Gasteiger partial charge in [-0.05, 0) is 62.4 Å². The summed E-state index contributed by atoms with van der Waals surface area (Å²) in [6, 6.07) is 18.0.